The van der Waals surface area contributed by atoms with E-state index in [9.17, 15) is 14.0 Å². The van der Waals surface area contributed by atoms with Gasteiger partial charge in [0.2, 0.25) is 5.43 Å². The molecule has 1 aliphatic heterocycles. The molecule has 0 atom stereocenters. The zero-order chi connectivity index (χ0) is 21.8. The Bertz CT molecular complexity index is 1110. The predicted molar refractivity (Wildman–Crippen MR) is 117 cm³/mol. The summed E-state index contributed by atoms with van der Waals surface area (Å²) in [6, 6.07) is 17.3. The van der Waals surface area contributed by atoms with Gasteiger partial charge in [0, 0.05) is 45.0 Å². The van der Waals surface area contributed by atoms with E-state index in [1.165, 1.54) is 18.2 Å². The zero-order valence-corrected chi connectivity index (χ0v) is 17.3. The van der Waals surface area contributed by atoms with Crippen LogP contribution < -0.4 is 15.1 Å². The molecule has 0 aliphatic carbocycles. The lowest BCUT2D eigenvalue weighted by Gasteiger charge is -2.36. The lowest BCUT2D eigenvalue weighted by atomic mass is 10.2. The Kier molecular flexibility index (Phi) is 6.02. The molecule has 3 aromatic rings. The molecule has 0 bridgehead atoms. The summed E-state index contributed by atoms with van der Waals surface area (Å²) in [7, 11) is 1.73. The largest absolute Gasteiger partial charge is 0.483 e. The molecule has 1 amide bonds. The standard InChI is InChI=1S/C24H24FN3O3/c1-26-16-23(31-17-18-5-3-2-4-6-18)22(29)15-21(26)24(30)28-13-11-27(12-14-28)20-9-7-19(25)8-10-20/h2-10,15-16H,11-14,17H2,1H3. The van der Waals surface area contributed by atoms with E-state index in [0.29, 0.717) is 31.9 Å². The molecular formula is C24H24FN3O3. The average Bonchev–Trinajstić information content (AvgIpc) is 2.80. The highest BCUT2D eigenvalue weighted by Crippen LogP contribution is 2.18. The van der Waals surface area contributed by atoms with Gasteiger partial charge in [-0.25, -0.2) is 4.39 Å². The van der Waals surface area contributed by atoms with E-state index in [1.807, 2.05) is 30.3 Å². The van der Waals surface area contributed by atoms with Gasteiger partial charge in [-0.15, -0.1) is 0 Å². The van der Waals surface area contributed by atoms with Crippen molar-refractivity contribution < 1.29 is 13.9 Å². The smallest absolute Gasteiger partial charge is 0.270 e. The summed E-state index contributed by atoms with van der Waals surface area (Å²) in [5.74, 6) is -0.244. The fraction of sp³-hybridized carbons (Fsp3) is 0.250. The number of amides is 1. The summed E-state index contributed by atoms with van der Waals surface area (Å²) in [5.41, 5.74) is 1.90. The number of anilines is 1. The van der Waals surface area contributed by atoms with Crippen molar-refractivity contribution in [2.24, 2.45) is 7.05 Å². The molecule has 7 heteroatoms. The number of piperazine rings is 1. The number of aryl methyl sites for hydroxylation is 1. The number of carbonyl (C=O) groups excluding carboxylic acids is 1. The van der Waals surface area contributed by atoms with Crippen molar-refractivity contribution in [3.05, 3.63) is 94.2 Å². The SMILES string of the molecule is Cn1cc(OCc2ccccc2)c(=O)cc1C(=O)N1CCN(c2ccc(F)cc2)CC1. The number of nitrogens with zero attached hydrogens (tertiary/aromatic N) is 3. The van der Waals surface area contributed by atoms with Crippen LogP contribution in [0.3, 0.4) is 0 Å². The Hall–Kier alpha value is -3.61. The second kappa shape index (κ2) is 9.04. The van der Waals surface area contributed by atoms with Crippen molar-refractivity contribution >= 4 is 11.6 Å². The molecule has 160 valence electrons. The molecule has 0 radical (unpaired) electrons. The van der Waals surface area contributed by atoms with Gasteiger partial charge in [0.25, 0.3) is 5.91 Å². The molecule has 1 fully saturated rings. The van der Waals surface area contributed by atoms with Crippen molar-refractivity contribution in [3.8, 4) is 5.75 Å². The molecule has 0 spiro atoms. The molecule has 4 rings (SSSR count). The van der Waals surface area contributed by atoms with Gasteiger partial charge in [-0.1, -0.05) is 30.3 Å². The quantitative estimate of drug-likeness (QED) is 0.636. The third-order valence-electron chi connectivity index (χ3n) is 5.42. The highest BCUT2D eigenvalue weighted by atomic mass is 19.1. The maximum Gasteiger partial charge on any atom is 0.270 e. The van der Waals surface area contributed by atoms with Gasteiger partial charge in [0.1, 0.15) is 18.1 Å². The number of aromatic nitrogens is 1. The van der Waals surface area contributed by atoms with Crippen LogP contribution in [-0.4, -0.2) is 41.6 Å². The monoisotopic (exact) mass is 421 g/mol. The Morgan fingerprint density at radius 3 is 2.35 bits per heavy atom. The van der Waals surface area contributed by atoms with Gasteiger partial charge in [-0.2, -0.15) is 0 Å². The molecule has 1 saturated heterocycles. The molecule has 0 N–H and O–H groups in total. The first kappa shape index (κ1) is 20.7. The molecule has 31 heavy (non-hydrogen) atoms. The number of benzene rings is 2. The van der Waals surface area contributed by atoms with Crippen molar-refractivity contribution in [1.82, 2.24) is 9.47 Å². The topological polar surface area (TPSA) is 54.8 Å². The van der Waals surface area contributed by atoms with Crippen LogP contribution in [0.15, 0.2) is 71.7 Å². The van der Waals surface area contributed by atoms with Crippen molar-refractivity contribution in [2.75, 3.05) is 31.1 Å². The van der Waals surface area contributed by atoms with E-state index in [0.717, 1.165) is 11.3 Å². The molecule has 6 nitrogen and oxygen atoms in total. The first-order valence-electron chi connectivity index (χ1n) is 10.2. The van der Waals surface area contributed by atoms with E-state index in [4.69, 9.17) is 4.74 Å². The summed E-state index contributed by atoms with van der Waals surface area (Å²) < 4.78 is 20.4. The molecule has 1 aromatic heterocycles. The molecule has 0 unspecified atom stereocenters. The second-order valence-corrected chi connectivity index (χ2v) is 7.53. The van der Waals surface area contributed by atoms with Crippen LogP contribution in [0.1, 0.15) is 16.1 Å². The predicted octanol–water partition coefficient (Wildman–Crippen LogP) is 3.07. The lowest BCUT2D eigenvalue weighted by molar-refractivity contribution is 0.0736. The number of pyridine rings is 1. The minimum atomic E-state index is -0.317. The van der Waals surface area contributed by atoms with Gasteiger partial charge in [0.05, 0.1) is 6.20 Å². The van der Waals surface area contributed by atoms with Gasteiger partial charge in [-0.3, -0.25) is 9.59 Å². The fourth-order valence-corrected chi connectivity index (χ4v) is 3.64. The van der Waals surface area contributed by atoms with Crippen LogP contribution in [0.25, 0.3) is 0 Å². The Balaban J connectivity index is 1.41. The fourth-order valence-electron chi connectivity index (χ4n) is 3.64. The second-order valence-electron chi connectivity index (χ2n) is 7.53. The summed E-state index contributed by atoms with van der Waals surface area (Å²) in [6.07, 6.45) is 1.56. The number of ether oxygens (including phenoxy) is 1. The van der Waals surface area contributed by atoms with Gasteiger partial charge >= 0.3 is 0 Å². The highest BCUT2D eigenvalue weighted by Gasteiger charge is 2.24. The molecule has 2 aromatic carbocycles. The van der Waals surface area contributed by atoms with Crippen molar-refractivity contribution in [1.29, 1.82) is 0 Å². The van der Waals surface area contributed by atoms with E-state index in [1.54, 1.807) is 34.8 Å². The number of hydrogen-bond donors (Lipinski definition) is 0. The van der Waals surface area contributed by atoms with Gasteiger partial charge in [0.15, 0.2) is 5.75 Å². The van der Waals surface area contributed by atoms with E-state index < -0.39 is 0 Å². The Morgan fingerprint density at radius 2 is 1.68 bits per heavy atom. The van der Waals surface area contributed by atoms with Crippen LogP contribution in [0.4, 0.5) is 10.1 Å². The van der Waals surface area contributed by atoms with Crippen LogP contribution in [0, 0.1) is 5.82 Å². The van der Waals surface area contributed by atoms with Crippen LogP contribution >= 0.6 is 0 Å². The van der Waals surface area contributed by atoms with Gasteiger partial charge in [-0.05, 0) is 29.8 Å². The third-order valence-corrected chi connectivity index (χ3v) is 5.42. The van der Waals surface area contributed by atoms with Gasteiger partial charge < -0.3 is 19.1 Å². The van der Waals surface area contributed by atoms with E-state index >= 15 is 0 Å². The minimum Gasteiger partial charge on any atom is -0.483 e. The average molecular weight is 421 g/mol. The molecular weight excluding hydrogens is 397 g/mol. The number of rotatable bonds is 5. The summed E-state index contributed by atoms with van der Waals surface area (Å²) in [4.78, 5) is 29.4. The number of hydrogen-bond acceptors (Lipinski definition) is 4. The first-order valence-corrected chi connectivity index (χ1v) is 10.2. The van der Waals surface area contributed by atoms with Crippen molar-refractivity contribution in [3.63, 3.8) is 0 Å². The summed E-state index contributed by atoms with van der Waals surface area (Å²) >= 11 is 0. The Labute approximate surface area is 180 Å². The van der Waals surface area contributed by atoms with E-state index in [-0.39, 0.29) is 29.5 Å². The maximum atomic E-state index is 13.1. The third kappa shape index (κ3) is 4.77. The minimum absolute atomic E-state index is 0.187. The van der Waals surface area contributed by atoms with Crippen LogP contribution in [0.5, 0.6) is 5.75 Å². The summed E-state index contributed by atoms with van der Waals surface area (Å²) in [5, 5.41) is 0. The number of halogens is 1. The maximum absolute atomic E-state index is 13.1. The summed E-state index contributed by atoms with van der Waals surface area (Å²) in [6.45, 7) is 2.62. The number of carbonyl (C=O) groups is 1. The highest BCUT2D eigenvalue weighted by molar-refractivity contribution is 5.92. The van der Waals surface area contributed by atoms with Crippen LogP contribution in [0.2, 0.25) is 0 Å². The van der Waals surface area contributed by atoms with E-state index in [2.05, 4.69) is 4.90 Å². The molecule has 2 heterocycles. The molecule has 0 saturated carbocycles. The van der Waals surface area contributed by atoms with Crippen LogP contribution in [-0.2, 0) is 13.7 Å². The molecule has 1 aliphatic rings. The normalized spacial score (nSPS) is 13.9. The zero-order valence-electron chi connectivity index (χ0n) is 17.3. The first-order chi connectivity index (χ1) is 15.0. The lowest BCUT2D eigenvalue weighted by Crippen LogP contribution is -2.49. The Morgan fingerprint density at radius 1 is 1.00 bits per heavy atom. The van der Waals surface area contributed by atoms with Crippen molar-refractivity contribution in [2.45, 2.75) is 6.61 Å².